The normalized spacial score (nSPS) is 13.7. The molecule has 0 radical (unpaired) electrons. The molecule has 0 saturated carbocycles. The number of hydrogen-bond acceptors (Lipinski definition) is 3. The standard InChI is InChI=1S/C14H12O4/c1-9(15)5-6-10-7-8-11-12(14(16)17)3-2-4-13(11)18-10/h2-7H,8H2,1H3,(H,16,17)/b6-5+. The van der Waals surface area contributed by atoms with E-state index < -0.39 is 5.97 Å². The second-order valence-corrected chi connectivity index (χ2v) is 3.94. The Morgan fingerprint density at radius 3 is 2.83 bits per heavy atom. The number of aromatic carboxylic acids is 1. The van der Waals surface area contributed by atoms with E-state index in [1.807, 2.05) is 0 Å². The molecule has 0 aromatic heterocycles. The van der Waals surface area contributed by atoms with Gasteiger partial charge in [-0.3, -0.25) is 4.79 Å². The SMILES string of the molecule is CC(=O)/C=C/C1=CCc2c(cccc2C(=O)O)O1. The van der Waals surface area contributed by atoms with Gasteiger partial charge in [-0.2, -0.15) is 0 Å². The summed E-state index contributed by atoms with van der Waals surface area (Å²) in [6.07, 6.45) is 5.24. The topological polar surface area (TPSA) is 63.6 Å². The summed E-state index contributed by atoms with van der Waals surface area (Å²) in [5.41, 5.74) is 0.906. The van der Waals surface area contributed by atoms with Gasteiger partial charge in [0.25, 0.3) is 0 Å². The molecule has 1 aliphatic rings. The van der Waals surface area contributed by atoms with E-state index in [2.05, 4.69) is 0 Å². The van der Waals surface area contributed by atoms with Crippen LogP contribution in [0.2, 0.25) is 0 Å². The Balaban J connectivity index is 2.29. The fraction of sp³-hybridized carbons (Fsp3) is 0.143. The first kappa shape index (κ1) is 12.1. The van der Waals surface area contributed by atoms with E-state index in [1.54, 1.807) is 30.4 Å². The zero-order chi connectivity index (χ0) is 13.1. The third-order valence-electron chi connectivity index (χ3n) is 2.58. The van der Waals surface area contributed by atoms with Crippen molar-refractivity contribution in [3.63, 3.8) is 0 Å². The molecule has 1 aromatic carbocycles. The van der Waals surface area contributed by atoms with Crippen molar-refractivity contribution < 1.29 is 19.4 Å². The molecule has 0 spiro atoms. The third kappa shape index (κ3) is 2.48. The van der Waals surface area contributed by atoms with Gasteiger partial charge in [0, 0.05) is 5.56 Å². The van der Waals surface area contributed by atoms with Gasteiger partial charge in [-0.25, -0.2) is 4.79 Å². The number of allylic oxidation sites excluding steroid dienone is 3. The van der Waals surface area contributed by atoms with Crippen LogP contribution in [0.1, 0.15) is 22.8 Å². The number of rotatable bonds is 3. The minimum absolute atomic E-state index is 0.0652. The summed E-state index contributed by atoms with van der Waals surface area (Å²) in [5, 5.41) is 9.05. The molecule has 0 amide bonds. The fourth-order valence-electron chi connectivity index (χ4n) is 1.75. The van der Waals surface area contributed by atoms with Gasteiger partial charge in [0.05, 0.1) is 5.56 Å². The number of carbonyl (C=O) groups is 2. The summed E-state index contributed by atoms with van der Waals surface area (Å²) < 4.78 is 5.53. The lowest BCUT2D eigenvalue weighted by Gasteiger charge is -2.17. The molecule has 0 unspecified atom stereocenters. The average molecular weight is 244 g/mol. The number of ether oxygens (including phenoxy) is 1. The van der Waals surface area contributed by atoms with E-state index >= 15 is 0 Å². The van der Waals surface area contributed by atoms with Crippen LogP contribution in [0.3, 0.4) is 0 Å². The zero-order valence-electron chi connectivity index (χ0n) is 9.84. The predicted octanol–water partition coefficient (Wildman–Crippen LogP) is 2.35. The molecule has 1 heterocycles. The molecule has 92 valence electrons. The van der Waals surface area contributed by atoms with Crippen LogP contribution < -0.4 is 4.74 Å². The first-order chi connectivity index (χ1) is 8.58. The second kappa shape index (κ2) is 4.87. The number of carboxylic acids is 1. The van der Waals surface area contributed by atoms with Gasteiger partial charge in [0.15, 0.2) is 5.78 Å². The summed E-state index contributed by atoms with van der Waals surface area (Å²) in [7, 11) is 0. The fourth-order valence-corrected chi connectivity index (χ4v) is 1.75. The molecule has 18 heavy (non-hydrogen) atoms. The molecule has 1 aromatic rings. The van der Waals surface area contributed by atoms with Crippen LogP contribution in [0.25, 0.3) is 0 Å². The van der Waals surface area contributed by atoms with Gasteiger partial charge >= 0.3 is 5.97 Å². The van der Waals surface area contributed by atoms with E-state index in [0.29, 0.717) is 23.5 Å². The summed E-state index contributed by atoms with van der Waals surface area (Å²) in [6.45, 7) is 1.45. The highest BCUT2D eigenvalue weighted by atomic mass is 16.5. The number of benzene rings is 1. The predicted molar refractivity (Wildman–Crippen MR) is 65.6 cm³/mol. The molecule has 2 rings (SSSR count). The van der Waals surface area contributed by atoms with Gasteiger partial charge in [0.1, 0.15) is 11.5 Å². The molecule has 0 fully saturated rings. The maximum Gasteiger partial charge on any atom is 0.336 e. The Bertz CT molecular complexity index is 567. The van der Waals surface area contributed by atoms with Gasteiger partial charge in [-0.1, -0.05) is 6.07 Å². The van der Waals surface area contributed by atoms with Gasteiger partial charge < -0.3 is 9.84 Å². The number of fused-ring (bicyclic) bond motifs is 1. The number of hydrogen-bond donors (Lipinski definition) is 1. The second-order valence-electron chi connectivity index (χ2n) is 3.94. The van der Waals surface area contributed by atoms with Crippen LogP contribution in [0.4, 0.5) is 0 Å². The molecule has 1 aliphatic heterocycles. The van der Waals surface area contributed by atoms with Crippen molar-refractivity contribution in [2.24, 2.45) is 0 Å². The lowest BCUT2D eigenvalue weighted by Crippen LogP contribution is -2.09. The van der Waals surface area contributed by atoms with Crippen LogP contribution in [0, 0.1) is 0 Å². The van der Waals surface area contributed by atoms with Gasteiger partial charge in [0.2, 0.25) is 0 Å². The highest BCUT2D eigenvalue weighted by Crippen LogP contribution is 2.29. The highest BCUT2D eigenvalue weighted by Gasteiger charge is 2.18. The molecule has 1 N–H and O–H groups in total. The Morgan fingerprint density at radius 2 is 2.17 bits per heavy atom. The van der Waals surface area contributed by atoms with Crippen LogP contribution in [0.15, 0.2) is 42.2 Å². The highest BCUT2D eigenvalue weighted by molar-refractivity contribution is 5.90. The summed E-state index contributed by atoms with van der Waals surface area (Å²) >= 11 is 0. The van der Waals surface area contributed by atoms with Crippen molar-refractivity contribution in [3.05, 3.63) is 53.3 Å². The van der Waals surface area contributed by atoms with E-state index in [1.165, 1.54) is 13.0 Å². The molecule has 0 aliphatic carbocycles. The van der Waals surface area contributed by atoms with Crippen LogP contribution in [-0.4, -0.2) is 16.9 Å². The average Bonchev–Trinajstić information content (AvgIpc) is 2.35. The van der Waals surface area contributed by atoms with E-state index in [-0.39, 0.29) is 11.3 Å². The summed E-state index contributed by atoms with van der Waals surface area (Å²) in [5.74, 6) is 0.0528. The van der Waals surface area contributed by atoms with Crippen LogP contribution >= 0.6 is 0 Å². The monoisotopic (exact) mass is 244 g/mol. The van der Waals surface area contributed by atoms with E-state index in [0.717, 1.165) is 0 Å². The molecule has 4 heteroatoms. The minimum Gasteiger partial charge on any atom is -0.478 e. The van der Waals surface area contributed by atoms with Crippen molar-refractivity contribution in [1.82, 2.24) is 0 Å². The largest absolute Gasteiger partial charge is 0.478 e. The summed E-state index contributed by atoms with van der Waals surface area (Å²) in [4.78, 5) is 21.9. The van der Waals surface area contributed by atoms with Crippen molar-refractivity contribution in [2.75, 3.05) is 0 Å². The molecule has 0 saturated heterocycles. The van der Waals surface area contributed by atoms with Crippen LogP contribution in [0.5, 0.6) is 5.75 Å². The molecular formula is C14H12O4. The minimum atomic E-state index is -0.966. The zero-order valence-corrected chi connectivity index (χ0v) is 9.84. The van der Waals surface area contributed by atoms with E-state index in [9.17, 15) is 9.59 Å². The van der Waals surface area contributed by atoms with E-state index in [4.69, 9.17) is 9.84 Å². The molecular weight excluding hydrogens is 232 g/mol. The maximum absolute atomic E-state index is 11.0. The summed E-state index contributed by atoms with van der Waals surface area (Å²) in [6, 6.07) is 4.91. The number of carboxylic acid groups (broad SMARTS) is 1. The van der Waals surface area contributed by atoms with Gasteiger partial charge in [-0.15, -0.1) is 0 Å². The Morgan fingerprint density at radius 1 is 1.39 bits per heavy atom. The number of carbonyl (C=O) groups excluding carboxylic acids is 1. The van der Waals surface area contributed by atoms with Crippen molar-refractivity contribution in [1.29, 1.82) is 0 Å². The Hall–Kier alpha value is -2.36. The lowest BCUT2D eigenvalue weighted by atomic mass is 10.0. The maximum atomic E-state index is 11.0. The number of ketones is 1. The first-order valence-electron chi connectivity index (χ1n) is 5.50. The third-order valence-corrected chi connectivity index (χ3v) is 2.58. The molecule has 0 bridgehead atoms. The smallest absolute Gasteiger partial charge is 0.336 e. The van der Waals surface area contributed by atoms with Crippen LogP contribution in [-0.2, 0) is 11.2 Å². The Kier molecular flexibility index (Phi) is 3.28. The first-order valence-corrected chi connectivity index (χ1v) is 5.50. The molecule has 4 nitrogen and oxygen atoms in total. The van der Waals surface area contributed by atoms with Crippen molar-refractivity contribution >= 4 is 11.8 Å². The van der Waals surface area contributed by atoms with Gasteiger partial charge in [-0.05, 0) is 43.7 Å². The van der Waals surface area contributed by atoms with Crippen molar-refractivity contribution in [2.45, 2.75) is 13.3 Å². The molecule has 0 atom stereocenters. The lowest BCUT2D eigenvalue weighted by molar-refractivity contribution is -0.112. The Labute approximate surface area is 104 Å². The van der Waals surface area contributed by atoms with Crippen molar-refractivity contribution in [3.8, 4) is 5.75 Å². The quantitative estimate of drug-likeness (QED) is 0.829.